The molecule has 0 fully saturated rings. The molecule has 1 N–H and O–H groups in total. The Kier molecular flexibility index (Phi) is 4.17. The lowest BCUT2D eigenvalue weighted by molar-refractivity contribution is 0.195. The van der Waals surface area contributed by atoms with Crippen molar-refractivity contribution in [3.63, 3.8) is 0 Å². The summed E-state index contributed by atoms with van der Waals surface area (Å²) < 4.78 is 18.9. The highest BCUT2D eigenvalue weighted by molar-refractivity contribution is 5.40. The summed E-state index contributed by atoms with van der Waals surface area (Å²) in [5, 5.41) is 9.64. The summed E-state index contributed by atoms with van der Waals surface area (Å²) in [4.78, 5) is 0. The molecule has 0 radical (unpaired) electrons. The van der Waals surface area contributed by atoms with Gasteiger partial charge in [-0.3, -0.25) is 0 Å². The zero-order chi connectivity index (χ0) is 13.8. The van der Waals surface area contributed by atoms with Crippen LogP contribution in [0.15, 0.2) is 42.5 Å². The van der Waals surface area contributed by atoms with Crippen LogP contribution in [0.1, 0.15) is 31.1 Å². The monoisotopic (exact) mass is 260 g/mol. The van der Waals surface area contributed by atoms with Gasteiger partial charge in [-0.2, -0.15) is 0 Å². The van der Waals surface area contributed by atoms with Crippen molar-refractivity contribution in [3.05, 3.63) is 59.4 Å². The lowest BCUT2D eigenvalue weighted by atomic mass is 10.1. The van der Waals surface area contributed by atoms with Gasteiger partial charge in [0.25, 0.3) is 0 Å². The quantitative estimate of drug-likeness (QED) is 0.891. The Hall–Kier alpha value is -1.87. The second-order valence-electron chi connectivity index (χ2n) is 4.46. The van der Waals surface area contributed by atoms with Gasteiger partial charge < -0.3 is 9.84 Å². The number of halogens is 1. The van der Waals surface area contributed by atoms with Crippen LogP contribution in [-0.2, 0) is 6.42 Å². The first kappa shape index (κ1) is 13.6. The van der Waals surface area contributed by atoms with Crippen molar-refractivity contribution in [1.82, 2.24) is 0 Å². The first-order valence-corrected chi connectivity index (χ1v) is 6.34. The minimum absolute atomic E-state index is 0.385. The van der Waals surface area contributed by atoms with E-state index in [1.807, 2.05) is 24.3 Å². The third-order valence-electron chi connectivity index (χ3n) is 2.98. The summed E-state index contributed by atoms with van der Waals surface area (Å²) >= 11 is 0. The Bertz CT molecular complexity index is 547. The van der Waals surface area contributed by atoms with Gasteiger partial charge in [-0.15, -0.1) is 0 Å². The van der Waals surface area contributed by atoms with Crippen molar-refractivity contribution in [3.8, 4) is 11.5 Å². The van der Waals surface area contributed by atoms with Crippen LogP contribution >= 0.6 is 0 Å². The molecule has 2 aromatic carbocycles. The van der Waals surface area contributed by atoms with Gasteiger partial charge in [-0.05, 0) is 49.2 Å². The summed E-state index contributed by atoms with van der Waals surface area (Å²) in [6, 6.07) is 11.9. The number of rotatable bonds is 4. The maximum Gasteiger partial charge on any atom is 0.133 e. The largest absolute Gasteiger partial charge is 0.457 e. The predicted molar refractivity (Wildman–Crippen MR) is 72.9 cm³/mol. The predicted octanol–water partition coefficient (Wildman–Crippen LogP) is 4.23. The van der Waals surface area contributed by atoms with E-state index in [4.69, 9.17) is 4.74 Å². The molecule has 0 heterocycles. The van der Waals surface area contributed by atoms with Crippen LogP contribution in [0.25, 0.3) is 0 Å². The molecule has 0 saturated heterocycles. The van der Waals surface area contributed by atoms with E-state index in [1.165, 1.54) is 23.8 Å². The van der Waals surface area contributed by atoms with E-state index in [0.717, 1.165) is 6.42 Å². The van der Waals surface area contributed by atoms with Crippen LogP contribution in [0.5, 0.6) is 11.5 Å². The van der Waals surface area contributed by atoms with E-state index >= 15 is 0 Å². The summed E-state index contributed by atoms with van der Waals surface area (Å²) in [5.74, 6) is 0.760. The standard InChI is InChI=1S/C16H17FO2/c1-3-12-4-7-14(8-5-12)19-16-9-6-13(17)10-15(16)11(2)18/h4-11,18H,3H2,1-2H3/t11-/m0/s1. The SMILES string of the molecule is CCc1ccc(Oc2ccc(F)cc2[C@H](C)O)cc1. The number of hydrogen-bond acceptors (Lipinski definition) is 2. The molecule has 2 nitrogen and oxygen atoms in total. The van der Waals surface area contributed by atoms with Crippen LogP contribution in [0, 0.1) is 5.82 Å². The van der Waals surface area contributed by atoms with Crippen LogP contribution in [0.3, 0.4) is 0 Å². The second-order valence-corrected chi connectivity index (χ2v) is 4.46. The average Bonchev–Trinajstić information content (AvgIpc) is 2.41. The molecule has 100 valence electrons. The Balaban J connectivity index is 2.26. The molecule has 2 rings (SSSR count). The number of aryl methyl sites for hydroxylation is 1. The minimum Gasteiger partial charge on any atom is -0.457 e. The Morgan fingerprint density at radius 1 is 1.16 bits per heavy atom. The number of benzene rings is 2. The fourth-order valence-corrected chi connectivity index (χ4v) is 1.86. The Labute approximate surface area is 112 Å². The molecule has 3 heteroatoms. The molecule has 19 heavy (non-hydrogen) atoms. The zero-order valence-corrected chi connectivity index (χ0v) is 11.1. The summed E-state index contributed by atoms with van der Waals surface area (Å²) in [6.45, 7) is 3.67. The van der Waals surface area contributed by atoms with Gasteiger partial charge in [-0.1, -0.05) is 19.1 Å². The van der Waals surface area contributed by atoms with Gasteiger partial charge in [0.1, 0.15) is 17.3 Å². The third kappa shape index (κ3) is 3.32. The van der Waals surface area contributed by atoms with Crippen molar-refractivity contribution in [2.24, 2.45) is 0 Å². The van der Waals surface area contributed by atoms with E-state index in [1.54, 1.807) is 6.92 Å². The van der Waals surface area contributed by atoms with Crippen molar-refractivity contribution < 1.29 is 14.2 Å². The highest BCUT2D eigenvalue weighted by atomic mass is 19.1. The topological polar surface area (TPSA) is 29.5 Å². The summed E-state index contributed by atoms with van der Waals surface area (Å²) in [6.07, 6.45) is 0.191. The molecule has 0 aliphatic carbocycles. The van der Waals surface area contributed by atoms with Gasteiger partial charge in [0.05, 0.1) is 6.10 Å². The molecule has 0 bridgehead atoms. The van der Waals surface area contributed by atoms with Crippen LogP contribution in [0.4, 0.5) is 4.39 Å². The average molecular weight is 260 g/mol. The lowest BCUT2D eigenvalue weighted by Gasteiger charge is -2.13. The maximum atomic E-state index is 13.2. The normalized spacial score (nSPS) is 12.2. The van der Waals surface area contributed by atoms with Crippen molar-refractivity contribution >= 4 is 0 Å². The van der Waals surface area contributed by atoms with Crippen molar-refractivity contribution in [2.45, 2.75) is 26.4 Å². The van der Waals surface area contributed by atoms with E-state index in [-0.39, 0.29) is 5.82 Å². The van der Waals surface area contributed by atoms with E-state index in [0.29, 0.717) is 17.1 Å². The third-order valence-corrected chi connectivity index (χ3v) is 2.98. The van der Waals surface area contributed by atoms with E-state index < -0.39 is 6.10 Å². The van der Waals surface area contributed by atoms with E-state index in [9.17, 15) is 9.50 Å². The molecule has 0 aliphatic rings. The Morgan fingerprint density at radius 2 is 1.84 bits per heavy atom. The Morgan fingerprint density at radius 3 is 2.42 bits per heavy atom. The van der Waals surface area contributed by atoms with Gasteiger partial charge in [-0.25, -0.2) is 4.39 Å². The van der Waals surface area contributed by atoms with Gasteiger partial charge >= 0.3 is 0 Å². The maximum absolute atomic E-state index is 13.2. The summed E-state index contributed by atoms with van der Waals surface area (Å²) in [5.41, 5.74) is 1.67. The number of hydrogen-bond donors (Lipinski definition) is 1. The molecule has 0 unspecified atom stereocenters. The fraction of sp³-hybridized carbons (Fsp3) is 0.250. The number of aliphatic hydroxyl groups excluding tert-OH is 1. The zero-order valence-electron chi connectivity index (χ0n) is 11.1. The van der Waals surface area contributed by atoms with Crippen LogP contribution in [-0.4, -0.2) is 5.11 Å². The van der Waals surface area contributed by atoms with Crippen molar-refractivity contribution in [2.75, 3.05) is 0 Å². The highest BCUT2D eigenvalue weighted by Crippen LogP contribution is 2.30. The van der Waals surface area contributed by atoms with E-state index in [2.05, 4.69) is 6.92 Å². The van der Waals surface area contributed by atoms with Gasteiger partial charge in [0.15, 0.2) is 0 Å². The molecule has 0 saturated carbocycles. The molecule has 0 spiro atoms. The lowest BCUT2D eigenvalue weighted by Crippen LogP contribution is -1.97. The molecular formula is C16H17FO2. The smallest absolute Gasteiger partial charge is 0.133 e. The van der Waals surface area contributed by atoms with Crippen molar-refractivity contribution in [1.29, 1.82) is 0 Å². The highest BCUT2D eigenvalue weighted by Gasteiger charge is 2.11. The van der Waals surface area contributed by atoms with Gasteiger partial charge in [0, 0.05) is 5.56 Å². The first-order valence-electron chi connectivity index (χ1n) is 6.34. The minimum atomic E-state index is -0.777. The number of aliphatic hydroxyl groups is 1. The number of ether oxygens (including phenoxy) is 1. The first-order chi connectivity index (χ1) is 9.10. The molecule has 0 aliphatic heterocycles. The fourth-order valence-electron chi connectivity index (χ4n) is 1.86. The van der Waals surface area contributed by atoms with Gasteiger partial charge in [0.2, 0.25) is 0 Å². The molecule has 0 aromatic heterocycles. The molecule has 1 atom stereocenters. The molecule has 0 amide bonds. The van der Waals surface area contributed by atoms with Crippen LogP contribution < -0.4 is 4.74 Å². The second kappa shape index (κ2) is 5.85. The molecule has 2 aromatic rings. The molecular weight excluding hydrogens is 243 g/mol. The summed E-state index contributed by atoms with van der Waals surface area (Å²) in [7, 11) is 0. The van der Waals surface area contributed by atoms with Crippen LogP contribution in [0.2, 0.25) is 0 Å².